The molecule has 0 aliphatic heterocycles. The smallest absolute Gasteiger partial charge is 0.328 e. The van der Waals surface area contributed by atoms with Gasteiger partial charge in [0.25, 0.3) is 0 Å². The summed E-state index contributed by atoms with van der Waals surface area (Å²) < 4.78 is 37.8. The molecule has 0 saturated heterocycles. The molecule has 1 heterocycles. The predicted octanol–water partition coefficient (Wildman–Crippen LogP) is 1.83. The molecular weight excluding hydrogens is 259 g/mol. The van der Waals surface area contributed by atoms with Crippen molar-refractivity contribution in [3.05, 3.63) is 39.9 Å². The maximum Gasteiger partial charge on any atom is 0.416 e. The predicted molar refractivity (Wildman–Crippen MR) is 64.7 cm³/mol. The van der Waals surface area contributed by atoms with E-state index in [1.54, 1.807) is 6.92 Å². The fourth-order valence-electron chi connectivity index (χ4n) is 1.87. The summed E-state index contributed by atoms with van der Waals surface area (Å²) in [7, 11) is 0. The van der Waals surface area contributed by atoms with E-state index < -0.39 is 17.4 Å². The number of rotatable bonds is 2. The van der Waals surface area contributed by atoms with Crippen molar-refractivity contribution < 1.29 is 13.2 Å². The largest absolute Gasteiger partial charge is 0.416 e. The summed E-state index contributed by atoms with van der Waals surface area (Å²) in [6.45, 7) is 1.74. The summed E-state index contributed by atoms with van der Waals surface area (Å²) in [6, 6.07) is 2.92. The SMILES string of the molecule is CC(N)Cc1[nH]c(=O)nc2cc(C(F)(F)F)ccc12. The lowest BCUT2D eigenvalue weighted by Crippen LogP contribution is -2.22. The van der Waals surface area contributed by atoms with Gasteiger partial charge >= 0.3 is 11.9 Å². The quantitative estimate of drug-likeness (QED) is 0.875. The number of fused-ring (bicyclic) bond motifs is 1. The number of aromatic amines is 1. The maximum atomic E-state index is 12.6. The number of nitrogens with two attached hydrogens (primary N) is 1. The molecule has 2 rings (SSSR count). The zero-order valence-corrected chi connectivity index (χ0v) is 10.1. The van der Waals surface area contributed by atoms with E-state index in [1.807, 2.05) is 0 Å². The Morgan fingerprint density at radius 1 is 1.42 bits per heavy atom. The third kappa shape index (κ3) is 2.93. The van der Waals surface area contributed by atoms with Gasteiger partial charge in [0.1, 0.15) is 0 Å². The van der Waals surface area contributed by atoms with Gasteiger partial charge < -0.3 is 10.7 Å². The van der Waals surface area contributed by atoms with E-state index in [4.69, 9.17) is 5.73 Å². The summed E-state index contributed by atoms with van der Waals surface area (Å²) in [5.74, 6) is 0. The van der Waals surface area contributed by atoms with Crippen LogP contribution in [0.1, 0.15) is 18.2 Å². The zero-order valence-electron chi connectivity index (χ0n) is 10.1. The normalized spacial score (nSPS) is 13.7. The molecule has 1 aromatic carbocycles. The molecule has 0 fully saturated rings. The first-order chi connectivity index (χ1) is 8.77. The van der Waals surface area contributed by atoms with Crippen LogP contribution < -0.4 is 11.4 Å². The minimum Gasteiger partial charge on any atom is -0.328 e. The van der Waals surface area contributed by atoms with Gasteiger partial charge in [0.15, 0.2) is 0 Å². The molecule has 19 heavy (non-hydrogen) atoms. The Bertz CT molecular complexity index is 661. The number of alkyl halides is 3. The minimum absolute atomic E-state index is 0.0224. The molecule has 0 amide bonds. The van der Waals surface area contributed by atoms with Gasteiger partial charge in [-0.15, -0.1) is 0 Å². The molecule has 4 nitrogen and oxygen atoms in total. The molecule has 3 N–H and O–H groups in total. The van der Waals surface area contributed by atoms with Crippen LogP contribution in [0.15, 0.2) is 23.0 Å². The van der Waals surface area contributed by atoms with E-state index in [-0.39, 0.29) is 11.6 Å². The summed E-state index contributed by atoms with van der Waals surface area (Å²) in [4.78, 5) is 17.4. The molecule has 2 aromatic rings. The second-order valence-electron chi connectivity index (χ2n) is 4.43. The molecule has 0 spiro atoms. The van der Waals surface area contributed by atoms with E-state index in [9.17, 15) is 18.0 Å². The van der Waals surface area contributed by atoms with E-state index in [0.717, 1.165) is 12.1 Å². The number of hydrogen-bond donors (Lipinski definition) is 2. The van der Waals surface area contributed by atoms with Crippen molar-refractivity contribution in [2.75, 3.05) is 0 Å². The molecule has 1 aromatic heterocycles. The van der Waals surface area contributed by atoms with Crippen molar-refractivity contribution in [1.82, 2.24) is 9.97 Å². The lowest BCUT2D eigenvalue weighted by molar-refractivity contribution is -0.137. The molecular formula is C12H12F3N3O. The number of nitrogens with zero attached hydrogens (tertiary/aromatic N) is 1. The summed E-state index contributed by atoms with van der Waals surface area (Å²) in [5.41, 5.74) is 4.66. The Morgan fingerprint density at radius 3 is 2.68 bits per heavy atom. The molecule has 102 valence electrons. The van der Waals surface area contributed by atoms with Crippen LogP contribution in [0.2, 0.25) is 0 Å². The van der Waals surface area contributed by atoms with Crippen molar-refractivity contribution in [2.24, 2.45) is 5.73 Å². The number of aromatic nitrogens is 2. The lowest BCUT2D eigenvalue weighted by Gasteiger charge is -2.10. The van der Waals surface area contributed by atoms with Gasteiger partial charge in [-0.2, -0.15) is 18.2 Å². The highest BCUT2D eigenvalue weighted by atomic mass is 19.4. The van der Waals surface area contributed by atoms with Crippen molar-refractivity contribution >= 4 is 10.9 Å². The standard InChI is InChI=1S/C12H12F3N3O/c1-6(16)4-9-8-3-2-7(12(13,14)15)5-10(8)18-11(19)17-9/h2-3,5-6H,4,16H2,1H3,(H,17,18,19). The number of H-pyrrole nitrogens is 1. The fourth-order valence-corrected chi connectivity index (χ4v) is 1.87. The Kier molecular flexibility index (Phi) is 3.32. The molecule has 1 unspecified atom stereocenters. The van der Waals surface area contributed by atoms with E-state index in [2.05, 4.69) is 9.97 Å². The average molecular weight is 271 g/mol. The van der Waals surface area contributed by atoms with Crippen LogP contribution in [0.25, 0.3) is 10.9 Å². The lowest BCUT2D eigenvalue weighted by atomic mass is 10.1. The van der Waals surface area contributed by atoms with Gasteiger partial charge in [0.05, 0.1) is 11.1 Å². The third-order valence-electron chi connectivity index (χ3n) is 2.66. The number of hydrogen-bond acceptors (Lipinski definition) is 3. The van der Waals surface area contributed by atoms with Crippen LogP contribution in [-0.4, -0.2) is 16.0 Å². The molecule has 0 radical (unpaired) electrons. The van der Waals surface area contributed by atoms with Crippen LogP contribution in [0.4, 0.5) is 13.2 Å². The summed E-state index contributed by atoms with van der Waals surface area (Å²) in [6.07, 6.45) is -4.10. The van der Waals surface area contributed by atoms with E-state index in [1.165, 1.54) is 6.07 Å². The zero-order chi connectivity index (χ0) is 14.2. The monoisotopic (exact) mass is 271 g/mol. The first-order valence-electron chi connectivity index (χ1n) is 5.63. The molecule has 7 heteroatoms. The van der Waals surface area contributed by atoms with Crippen molar-refractivity contribution in [2.45, 2.75) is 25.6 Å². The van der Waals surface area contributed by atoms with Crippen LogP contribution in [0.3, 0.4) is 0 Å². The Hall–Kier alpha value is -1.89. The van der Waals surface area contributed by atoms with E-state index in [0.29, 0.717) is 17.5 Å². The first kappa shape index (κ1) is 13.5. The second-order valence-corrected chi connectivity index (χ2v) is 4.43. The second kappa shape index (κ2) is 4.65. The van der Waals surface area contributed by atoms with Crippen LogP contribution in [-0.2, 0) is 12.6 Å². The molecule has 0 saturated carbocycles. The third-order valence-corrected chi connectivity index (χ3v) is 2.66. The molecule has 1 atom stereocenters. The summed E-state index contributed by atoms with van der Waals surface area (Å²) >= 11 is 0. The van der Waals surface area contributed by atoms with Gasteiger partial charge in [0.2, 0.25) is 0 Å². The van der Waals surface area contributed by atoms with Crippen LogP contribution in [0.5, 0.6) is 0 Å². The highest BCUT2D eigenvalue weighted by Crippen LogP contribution is 2.31. The van der Waals surface area contributed by atoms with Crippen molar-refractivity contribution in [1.29, 1.82) is 0 Å². The van der Waals surface area contributed by atoms with Crippen LogP contribution >= 0.6 is 0 Å². The van der Waals surface area contributed by atoms with Crippen LogP contribution in [0, 0.1) is 0 Å². The highest BCUT2D eigenvalue weighted by molar-refractivity contribution is 5.81. The Balaban J connectivity index is 2.65. The molecule has 0 bridgehead atoms. The summed E-state index contributed by atoms with van der Waals surface area (Å²) in [5, 5.41) is 0.477. The fraction of sp³-hybridized carbons (Fsp3) is 0.333. The van der Waals surface area contributed by atoms with Crippen molar-refractivity contribution in [3.8, 4) is 0 Å². The van der Waals surface area contributed by atoms with Gasteiger partial charge in [-0.05, 0) is 19.1 Å². The van der Waals surface area contributed by atoms with Gasteiger partial charge in [-0.25, -0.2) is 4.79 Å². The Morgan fingerprint density at radius 2 is 2.11 bits per heavy atom. The number of nitrogens with one attached hydrogen (secondary N) is 1. The topological polar surface area (TPSA) is 71.8 Å². The molecule has 0 aliphatic carbocycles. The Labute approximate surface area is 106 Å². The molecule has 0 aliphatic rings. The number of halogens is 3. The van der Waals surface area contributed by atoms with E-state index >= 15 is 0 Å². The minimum atomic E-state index is -4.46. The maximum absolute atomic E-state index is 12.6. The van der Waals surface area contributed by atoms with Gasteiger partial charge in [-0.3, -0.25) is 0 Å². The number of benzene rings is 1. The first-order valence-corrected chi connectivity index (χ1v) is 5.63. The van der Waals surface area contributed by atoms with Gasteiger partial charge in [-0.1, -0.05) is 6.07 Å². The average Bonchev–Trinajstić information content (AvgIpc) is 2.25. The highest BCUT2D eigenvalue weighted by Gasteiger charge is 2.30. The van der Waals surface area contributed by atoms with Crippen molar-refractivity contribution in [3.63, 3.8) is 0 Å². The van der Waals surface area contributed by atoms with Gasteiger partial charge in [0, 0.05) is 23.5 Å².